The van der Waals surface area contributed by atoms with Gasteiger partial charge in [-0.3, -0.25) is 5.10 Å². The molecule has 17 heavy (non-hydrogen) atoms. The minimum Gasteiger partial charge on any atom is -0.495 e. The fraction of sp³-hybridized carbons (Fsp3) is 0.182. The Kier molecular flexibility index (Phi) is 3.34. The molecule has 0 atom stereocenters. The minimum absolute atomic E-state index is 0.335. The molecule has 0 spiro atoms. The van der Waals surface area contributed by atoms with E-state index in [1.165, 1.54) is 0 Å². The zero-order valence-electron chi connectivity index (χ0n) is 9.52. The van der Waals surface area contributed by atoms with Crippen molar-refractivity contribution in [2.75, 3.05) is 12.4 Å². The summed E-state index contributed by atoms with van der Waals surface area (Å²) >= 11 is 4.90. The lowest BCUT2D eigenvalue weighted by Crippen LogP contribution is -1.99. The highest BCUT2D eigenvalue weighted by Gasteiger charge is 2.04. The maximum absolute atomic E-state index is 5.26. The van der Waals surface area contributed by atoms with E-state index in [1.807, 2.05) is 25.1 Å². The Morgan fingerprint density at radius 1 is 1.41 bits per heavy atom. The van der Waals surface area contributed by atoms with Crippen LogP contribution in [0.1, 0.15) is 5.56 Å². The Balaban J connectivity index is 2.35. The van der Waals surface area contributed by atoms with Crippen LogP contribution in [-0.2, 0) is 0 Å². The van der Waals surface area contributed by atoms with E-state index in [1.54, 1.807) is 13.3 Å². The number of benzene rings is 1. The minimum atomic E-state index is 0.335. The zero-order chi connectivity index (χ0) is 12.3. The number of hydrogen-bond donors (Lipinski definition) is 2. The normalized spacial score (nSPS) is 10.0. The van der Waals surface area contributed by atoms with Crippen molar-refractivity contribution < 1.29 is 4.74 Å². The number of H-pyrrole nitrogens is 1. The second-order valence-electron chi connectivity index (χ2n) is 3.50. The third kappa shape index (κ3) is 2.79. The summed E-state index contributed by atoms with van der Waals surface area (Å²) in [5.41, 5.74) is 1.96. The summed E-state index contributed by atoms with van der Waals surface area (Å²) in [5, 5.41) is 9.56. The van der Waals surface area contributed by atoms with Crippen LogP contribution in [0, 0.1) is 11.7 Å². The molecule has 1 heterocycles. The molecule has 0 saturated heterocycles. The molecule has 0 radical (unpaired) electrons. The van der Waals surface area contributed by atoms with E-state index in [4.69, 9.17) is 17.0 Å². The molecule has 88 valence electrons. The van der Waals surface area contributed by atoms with Gasteiger partial charge in [-0.1, -0.05) is 6.07 Å². The highest BCUT2D eigenvalue weighted by molar-refractivity contribution is 7.71. The number of aryl methyl sites for hydroxylation is 1. The highest BCUT2D eigenvalue weighted by atomic mass is 32.1. The molecular weight excluding hydrogens is 236 g/mol. The molecule has 1 aromatic heterocycles. The Bertz CT molecular complexity index is 582. The molecule has 0 amide bonds. The summed E-state index contributed by atoms with van der Waals surface area (Å²) in [7, 11) is 1.62. The van der Waals surface area contributed by atoms with Gasteiger partial charge in [0.2, 0.25) is 4.77 Å². The Labute approximate surface area is 104 Å². The van der Waals surface area contributed by atoms with Gasteiger partial charge in [-0.25, -0.2) is 0 Å². The summed E-state index contributed by atoms with van der Waals surface area (Å²) in [6.45, 7) is 2.01. The van der Waals surface area contributed by atoms with Crippen molar-refractivity contribution in [3.05, 3.63) is 34.7 Å². The van der Waals surface area contributed by atoms with Crippen LogP contribution in [0.15, 0.2) is 24.4 Å². The van der Waals surface area contributed by atoms with Crippen molar-refractivity contribution in [2.45, 2.75) is 6.92 Å². The lowest BCUT2D eigenvalue weighted by molar-refractivity contribution is 0.416. The summed E-state index contributed by atoms with van der Waals surface area (Å²) in [5.74, 6) is 1.33. The molecule has 0 unspecified atom stereocenters. The molecule has 1 aromatic carbocycles. The van der Waals surface area contributed by atoms with Gasteiger partial charge >= 0.3 is 0 Å². The smallest absolute Gasteiger partial charge is 0.215 e. The van der Waals surface area contributed by atoms with Crippen molar-refractivity contribution in [2.24, 2.45) is 0 Å². The van der Waals surface area contributed by atoms with Gasteiger partial charge in [-0.15, -0.1) is 0 Å². The Morgan fingerprint density at radius 3 is 2.94 bits per heavy atom. The van der Waals surface area contributed by atoms with Gasteiger partial charge in [0.15, 0.2) is 5.82 Å². The van der Waals surface area contributed by atoms with E-state index in [9.17, 15) is 0 Å². The molecule has 6 heteroatoms. The first kappa shape index (κ1) is 11.5. The van der Waals surface area contributed by atoms with Crippen LogP contribution < -0.4 is 10.1 Å². The molecule has 0 aliphatic carbocycles. The van der Waals surface area contributed by atoms with Crippen molar-refractivity contribution >= 4 is 23.7 Å². The largest absolute Gasteiger partial charge is 0.495 e. The summed E-state index contributed by atoms with van der Waals surface area (Å²) in [6, 6.07) is 5.85. The van der Waals surface area contributed by atoms with Crippen LogP contribution in [0.4, 0.5) is 11.5 Å². The maximum Gasteiger partial charge on any atom is 0.215 e. The second kappa shape index (κ2) is 4.92. The van der Waals surface area contributed by atoms with Gasteiger partial charge in [0.05, 0.1) is 19.0 Å². The number of ether oxygens (including phenoxy) is 1. The zero-order valence-corrected chi connectivity index (χ0v) is 10.3. The van der Waals surface area contributed by atoms with Crippen LogP contribution in [-0.4, -0.2) is 22.3 Å². The first-order valence-corrected chi connectivity index (χ1v) is 5.43. The van der Waals surface area contributed by atoms with E-state index in [-0.39, 0.29) is 0 Å². The van der Waals surface area contributed by atoms with E-state index in [0.29, 0.717) is 10.6 Å². The van der Waals surface area contributed by atoms with Gasteiger partial charge in [0, 0.05) is 0 Å². The summed E-state index contributed by atoms with van der Waals surface area (Å²) in [6.07, 6.45) is 1.57. The summed E-state index contributed by atoms with van der Waals surface area (Å²) in [4.78, 5) is 4.10. The first-order chi connectivity index (χ1) is 8.19. The molecule has 0 aliphatic rings. The first-order valence-electron chi connectivity index (χ1n) is 5.02. The van der Waals surface area contributed by atoms with Crippen LogP contribution in [0.25, 0.3) is 0 Å². The molecule has 0 aliphatic heterocycles. The van der Waals surface area contributed by atoms with Crippen molar-refractivity contribution in [1.29, 1.82) is 0 Å². The number of nitrogens with one attached hydrogen (secondary N) is 2. The average Bonchev–Trinajstić information content (AvgIpc) is 2.29. The van der Waals surface area contributed by atoms with Gasteiger partial charge < -0.3 is 10.1 Å². The SMILES string of the molecule is COc1ccc(C)cc1Nc1cn[nH]c(=S)n1. The topological polar surface area (TPSA) is 62.8 Å². The van der Waals surface area contributed by atoms with Gasteiger partial charge in [-0.2, -0.15) is 10.1 Å². The van der Waals surface area contributed by atoms with Gasteiger partial charge in [0.25, 0.3) is 0 Å². The lowest BCUT2D eigenvalue weighted by atomic mass is 10.2. The van der Waals surface area contributed by atoms with Crippen LogP contribution in [0.3, 0.4) is 0 Å². The Hall–Kier alpha value is -1.95. The molecule has 0 saturated carbocycles. The fourth-order valence-corrected chi connectivity index (χ4v) is 1.58. The van der Waals surface area contributed by atoms with E-state index in [0.717, 1.165) is 17.0 Å². The van der Waals surface area contributed by atoms with E-state index in [2.05, 4.69) is 20.5 Å². The van der Waals surface area contributed by atoms with Gasteiger partial charge in [0.1, 0.15) is 5.75 Å². The van der Waals surface area contributed by atoms with Crippen LogP contribution in [0.2, 0.25) is 0 Å². The number of aromatic nitrogens is 3. The van der Waals surface area contributed by atoms with Crippen molar-refractivity contribution in [1.82, 2.24) is 15.2 Å². The number of aromatic amines is 1. The number of hydrogen-bond acceptors (Lipinski definition) is 5. The lowest BCUT2D eigenvalue weighted by Gasteiger charge is -2.10. The standard InChI is InChI=1S/C11H12N4OS/c1-7-3-4-9(16-2)8(5-7)13-10-6-12-15-11(17)14-10/h3-6H,1-2H3,(H2,13,14,15,17). The van der Waals surface area contributed by atoms with Crippen LogP contribution in [0.5, 0.6) is 5.75 Å². The third-order valence-corrected chi connectivity index (χ3v) is 2.37. The monoisotopic (exact) mass is 248 g/mol. The van der Waals surface area contributed by atoms with Crippen LogP contribution >= 0.6 is 12.2 Å². The number of nitrogens with zero attached hydrogens (tertiary/aromatic N) is 2. The third-order valence-electron chi connectivity index (χ3n) is 2.19. The molecule has 2 aromatic rings. The average molecular weight is 248 g/mol. The Morgan fingerprint density at radius 2 is 2.24 bits per heavy atom. The fourth-order valence-electron chi connectivity index (χ4n) is 1.43. The number of anilines is 2. The molecule has 0 fully saturated rings. The van der Waals surface area contributed by atoms with E-state index < -0.39 is 0 Å². The maximum atomic E-state index is 5.26. The van der Waals surface area contributed by atoms with E-state index >= 15 is 0 Å². The van der Waals surface area contributed by atoms with Crippen molar-refractivity contribution in [3.8, 4) is 5.75 Å². The predicted octanol–water partition coefficient (Wildman–Crippen LogP) is 2.59. The molecule has 2 rings (SSSR count). The summed E-state index contributed by atoms with van der Waals surface area (Å²) < 4.78 is 5.59. The van der Waals surface area contributed by atoms with Gasteiger partial charge in [-0.05, 0) is 36.8 Å². The predicted molar refractivity (Wildman–Crippen MR) is 68.2 cm³/mol. The molecule has 5 nitrogen and oxygen atoms in total. The second-order valence-corrected chi connectivity index (χ2v) is 3.89. The number of methoxy groups -OCH3 is 1. The molecule has 0 bridgehead atoms. The number of rotatable bonds is 3. The highest BCUT2D eigenvalue weighted by Crippen LogP contribution is 2.27. The molecule has 2 N–H and O–H groups in total. The quantitative estimate of drug-likeness (QED) is 0.817. The molecular formula is C11H12N4OS. The van der Waals surface area contributed by atoms with Crippen molar-refractivity contribution in [3.63, 3.8) is 0 Å².